The third-order valence-corrected chi connectivity index (χ3v) is 6.42. The highest BCUT2D eigenvalue weighted by Gasteiger charge is 2.29. The van der Waals surface area contributed by atoms with Gasteiger partial charge in [0.25, 0.3) is 5.91 Å². The molecular formula is C24H26F2N4O2. The second kappa shape index (κ2) is 8.52. The van der Waals surface area contributed by atoms with Crippen LogP contribution in [0.15, 0.2) is 36.4 Å². The number of morpholine rings is 1. The largest absolute Gasteiger partial charge is 0.379 e. The van der Waals surface area contributed by atoms with E-state index in [4.69, 9.17) is 4.74 Å². The highest BCUT2D eigenvalue weighted by molar-refractivity contribution is 6.06. The van der Waals surface area contributed by atoms with Crippen molar-refractivity contribution >= 4 is 28.2 Å². The maximum absolute atomic E-state index is 14.4. The fraction of sp³-hybridized carbons (Fsp3) is 0.375. The number of benzene rings is 2. The van der Waals surface area contributed by atoms with Crippen LogP contribution in [0.25, 0.3) is 10.9 Å². The maximum atomic E-state index is 14.4. The molecule has 2 aliphatic heterocycles. The van der Waals surface area contributed by atoms with Gasteiger partial charge in [0.1, 0.15) is 17.3 Å². The first-order valence-corrected chi connectivity index (χ1v) is 10.9. The van der Waals surface area contributed by atoms with Crippen molar-refractivity contribution in [3.05, 3.63) is 59.3 Å². The number of aromatic amines is 1. The van der Waals surface area contributed by atoms with Crippen LogP contribution >= 0.6 is 0 Å². The van der Waals surface area contributed by atoms with Crippen LogP contribution in [0.3, 0.4) is 0 Å². The van der Waals surface area contributed by atoms with Crippen molar-refractivity contribution in [2.75, 3.05) is 49.6 Å². The summed E-state index contributed by atoms with van der Waals surface area (Å²) < 4.78 is 33.9. The number of ether oxygens (including phenoxy) is 1. The van der Waals surface area contributed by atoms with Crippen molar-refractivity contribution in [2.24, 2.45) is 0 Å². The average molecular weight is 440 g/mol. The molecule has 0 spiro atoms. The molecule has 2 aromatic carbocycles. The third kappa shape index (κ3) is 4.08. The summed E-state index contributed by atoms with van der Waals surface area (Å²) >= 11 is 0. The van der Waals surface area contributed by atoms with Crippen LogP contribution in [0.4, 0.5) is 20.2 Å². The van der Waals surface area contributed by atoms with Gasteiger partial charge in [-0.3, -0.25) is 9.69 Å². The van der Waals surface area contributed by atoms with Gasteiger partial charge >= 0.3 is 0 Å². The summed E-state index contributed by atoms with van der Waals surface area (Å²) in [5.41, 5.74) is 2.77. The first-order valence-electron chi connectivity index (χ1n) is 10.9. The van der Waals surface area contributed by atoms with Gasteiger partial charge in [0.15, 0.2) is 0 Å². The molecule has 5 rings (SSSR count). The molecule has 168 valence electrons. The van der Waals surface area contributed by atoms with Crippen LogP contribution in [0.2, 0.25) is 0 Å². The number of carbonyl (C=O) groups excluding carboxylic acids is 1. The number of hydrogen-bond donors (Lipinski definition) is 2. The van der Waals surface area contributed by atoms with E-state index in [0.29, 0.717) is 22.6 Å². The number of nitrogens with zero attached hydrogens (tertiary/aromatic N) is 2. The molecule has 2 N–H and O–H groups in total. The van der Waals surface area contributed by atoms with Gasteiger partial charge in [-0.25, -0.2) is 8.78 Å². The Morgan fingerprint density at radius 1 is 1.12 bits per heavy atom. The summed E-state index contributed by atoms with van der Waals surface area (Å²) in [6, 6.07) is 9.54. The van der Waals surface area contributed by atoms with Crippen LogP contribution in [0, 0.1) is 18.6 Å². The molecule has 8 heteroatoms. The van der Waals surface area contributed by atoms with Crippen LogP contribution < -0.4 is 10.2 Å². The van der Waals surface area contributed by atoms with Crippen molar-refractivity contribution in [3.63, 3.8) is 0 Å². The molecule has 1 aromatic heterocycles. The fourth-order valence-corrected chi connectivity index (χ4v) is 4.69. The van der Waals surface area contributed by atoms with Crippen molar-refractivity contribution in [3.8, 4) is 0 Å². The Balaban J connectivity index is 1.32. The van der Waals surface area contributed by atoms with Gasteiger partial charge in [-0.05, 0) is 49.2 Å². The zero-order valence-electron chi connectivity index (χ0n) is 18.0. The molecule has 1 atom stereocenters. The lowest BCUT2D eigenvalue weighted by Crippen LogP contribution is -2.44. The number of fused-ring (bicyclic) bond motifs is 1. The number of aryl methyl sites for hydroxylation is 1. The Kier molecular flexibility index (Phi) is 5.57. The van der Waals surface area contributed by atoms with Gasteiger partial charge in [0, 0.05) is 49.0 Å². The summed E-state index contributed by atoms with van der Waals surface area (Å²) in [4.78, 5) is 20.4. The molecule has 2 saturated heterocycles. The van der Waals surface area contributed by atoms with E-state index in [9.17, 15) is 13.6 Å². The molecule has 3 heterocycles. The van der Waals surface area contributed by atoms with Crippen LogP contribution in [-0.4, -0.2) is 61.2 Å². The molecule has 2 aliphatic rings. The summed E-state index contributed by atoms with van der Waals surface area (Å²) in [5.74, 6) is -1.24. The lowest BCUT2D eigenvalue weighted by molar-refractivity contribution is 0.0209. The molecule has 32 heavy (non-hydrogen) atoms. The molecule has 0 saturated carbocycles. The molecule has 1 amide bonds. The Labute approximate surface area is 185 Å². The van der Waals surface area contributed by atoms with E-state index in [1.807, 2.05) is 6.92 Å². The van der Waals surface area contributed by atoms with Gasteiger partial charge in [-0.1, -0.05) is 6.07 Å². The molecule has 2 fully saturated rings. The smallest absolute Gasteiger partial charge is 0.272 e. The van der Waals surface area contributed by atoms with Gasteiger partial charge in [-0.2, -0.15) is 0 Å². The summed E-state index contributed by atoms with van der Waals surface area (Å²) in [5, 5.41) is 3.11. The normalized spacial score (nSPS) is 19.6. The van der Waals surface area contributed by atoms with Gasteiger partial charge in [0.2, 0.25) is 0 Å². The van der Waals surface area contributed by atoms with Gasteiger partial charge in [-0.15, -0.1) is 0 Å². The second-order valence-electron chi connectivity index (χ2n) is 8.53. The lowest BCUT2D eigenvalue weighted by Gasteiger charge is -2.32. The van der Waals surface area contributed by atoms with E-state index in [0.717, 1.165) is 57.1 Å². The third-order valence-electron chi connectivity index (χ3n) is 6.42. The minimum atomic E-state index is -0.441. The van der Waals surface area contributed by atoms with Crippen LogP contribution in [0.1, 0.15) is 22.5 Å². The molecule has 0 aliphatic carbocycles. The zero-order valence-corrected chi connectivity index (χ0v) is 18.0. The Hall–Kier alpha value is -2.97. The quantitative estimate of drug-likeness (QED) is 0.646. The summed E-state index contributed by atoms with van der Waals surface area (Å²) in [7, 11) is 0. The highest BCUT2D eigenvalue weighted by Crippen LogP contribution is 2.28. The number of aromatic nitrogens is 1. The van der Waals surface area contributed by atoms with Crippen molar-refractivity contribution in [2.45, 2.75) is 19.4 Å². The number of H-pyrrole nitrogens is 1. The van der Waals surface area contributed by atoms with Gasteiger partial charge < -0.3 is 19.9 Å². The monoisotopic (exact) mass is 440 g/mol. The fourth-order valence-electron chi connectivity index (χ4n) is 4.69. The standard InChI is InChI=1S/C24H26F2N4O2/c1-15-2-3-21(26)20-13-22(28-23(15)20)24(31)27-17-10-16(25)11-19(12-17)30-5-4-18(14-30)29-6-8-32-9-7-29/h2-3,10-13,18,28H,4-9,14H2,1H3,(H,27,31)/t18-/m1/s1. The summed E-state index contributed by atoms with van der Waals surface area (Å²) in [6.45, 7) is 6.85. The minimum Gasteiger partial charge on any atom is -0.379 e. The van der Waals surface area contributed by atoms with Crippen molar-refractivity contribution in [1.82, 2.24) is 9.88 Å². The number of rotatable bonds is 4. The SMILES string of the molecule is Cc1ccc(F)c2cc(C(=O)Nc3cc(F)cc(N4CC[C@@H](N5CCOCC5)C4)c3)[nH]c12. The summed E-state index contributed by atoms with van der Waals surface area (Å²) in [6.07, 6.45) is 1.01. The maximum Gasteiger partial charge on any atom is 0.272 e. The molecular weight excluding hydrogens is 414 g/mol. The van der Waals surface area contributed by atoms with Crippen LogP contribution in [0.5, 0.6) is 0 Å². The van der Waals surface area contributed by atoms with E-state index in [2.05, 4.69) is 20.1 Å². The predicted molar refractivity (Wildman–Crippen MR) is 120 cm³/mol. The predicted octanol–water partition coefficient (Wildman–Crippen LogP) is 3.92. The molecule has 0 radical (unpaired) electrons. The Morgan fingerprint density at radius 3 is 2.72 bits per heavy atom. The first kappa shape index (κ1) is 20.9. The first-order chi connectivity index (χ1) is 15.5. The topological polar surface area (TPSA) is 60.6 Å². The number of carbonyl (C=O) groups is 1. The second-order valence-corrected chi connectivity index (χ2v) is 8.53. The number of nitrogens with one attached hydrogen (secondary N) is 2. The molecule has 3 aromatic rings. The number of hydrogen-bond acceptors (Lipinski definition) is 4. The number of anilines is 2. The lowest BCUT2D eigenvalue weighted by atomic mass is 10.1. The average Bonchev–Trinajstić information content (AvgIpc) is 3.45. The van der Waals surface area contributed by atoms with E-state index in [-0.39, 0.29) is 5.69 Å². The van der Waals surface area contributed by atoms with E-state index in [1.54, 1.807) is 12.1 Å². The highest BCUT2D eigenvalue weighted by atomic mass is 19.1. The van der Waals surface area contributed by atoms with E-state index in [1.165, 1.54) is 24.3 Å². The van der Waals surface area contributed by atoms with E-state index >= 15 is 0 Å². The van der Waals surface area contributed by atoms with Crippen molar-refractivity contribution < 1.29 is 18.3 Å². The Morgan fingerprint density at radius 2 is 1.94 bits per heavy atom. The van der Waals surface area contributed by atoms with E-state index < -0.39 is 17.5 Å². The van der Waals surface area contributed by atoms with Crippen LogP contribution in [-0.2, 0) is 4.74 Å². The Bertz CT molecular complexity index is 1120. The minimum absolute atomic E-state index is 0.229. The van der Waals surface area contributed by atoms with Crippen molar-refractivity contribution in [1.29, 1.82) is 0 Å². The molecule has 0 bridgehead atoms. The van der Waals surface area contributed by atoms with Gasteiger partial charge in [0.05, 0.1) is 18.7 Å². The zero-order chi connectivity index (χ0) is 22.2. The number of halogens is 2. The molecule has 0 unspecified atom stereocenters. The number of amides is 1. The molecule has 6 nitrogen and oxygen atoms in total.